The van der Waals surface area contributed by atoms with Gasteiger partial charge in [0.05, 0.1) is 13.0 Å². The number of rotatable bonds is 5. The molecule has 2 aromatic carbocycles. The number of fused-ring (bicyclic) bond motifs is 2. The average molecular weight is 405 g/mol. The number of carboxylic acid groups (broad SMARTS) is 1. The second-order valence-electron chi connectivity index (χ2n) is 9.43. The highest BCUT2D eigenvalue weighted by molar-refractivity contribution is 5.69. The molecular weight excluding hydrogens is 376 g/mol. The first-order chi connectivity index (χ1) is 14.4. The Kier molecular flexibility index (Phi) is 4.42. The molecule has 1 heterocycles. The number of ether oxygens (including phenoxy) is 2. The van der Waals surface area contributed by atoms with Gasteiger partial charge in [-0.05, 0) is 48.3 Å². The molecule has 0 unspecified atom stereocenters. The van der Waals surface area contributed by atoms with Crippen LogP contribution in [0.2, 0.25) is 0 Å². The Balaban J connectivity index is 1.53. The summed E-state index contributed by atoms with van der Waals surface area (Å²) in [7, 11) is 0. The molecule has 0 saturated heterocycles. The quantitative estimate of drug-likeness (QED) is 0.659. The molecule has 4 nitrogen and oxygen atoms in total. The van der Waals surface area contributed by atoms with Crippen LogP contribution in [-0.4, -0.2) is 17.7 Å². The van der Waals surface area contributed by atoms with Gasteiger partial charge < -0.3 is 14.6 Å². The predicted octanol–water partition coefficient (Wildman–Crippen LogP) is 5.60. The van der Waals surface area contributed by atoms with Crippen molar-refractivity contribution in [3.63, 3.8) is 0 Å². The van der Waals surface area contributed by atoms with Gasteiger partial charge in [-0.1, -0.05) is 50.3 Å². The van der Waals surface area contributed by atoms with Gasteiger partial charge in [-0.25, -0.2) is 0 Å². The third-order valence-electron chi connectivity index (χ3n) is 7.06. The number of aryl methyl sites for hydroxylation is 1. The Morgan fingerprint density at radius 3 is 2.80 bits per heavy atom. The van der Waals surface area contributed by atoms with Gasteiger partial charge in [0.15, 0.2) is 5.60 Å². The van der Waals surface area contributed by atoms with Crippen LogP contribution in [0.3, 0.4) is 0 Å². The monoisotopic (exact) mass is 404 g/mol. The van der Waals surface area contributed by atoms with Crippen molar-refractivity contribution in [2.75, 3.05) is 6.61 Å². The standard InChI is InChI=1S/C26H28O4/c1-25(2)12-5-8-23(25)26(13-11-17-6-3-4-7-21(17)26)30-19-9-10-20-18(14-24(27)28)16-29-22(20)15-19/h3-4,6-10,15,18H,5,11-14,16H2,1-2H3,(H,27,28)/t18-,26+/m1/s1. The van der Waals surface area contributed by atoms with Crippen molar-refractivity contribution in [3.05, 3.63) is 70.8 Å². The van der Waals surface area contributed by atoms with Crippen LogP contribution < -0.4 is 9.47 Å². The summed E-state index contributed by atoms with van der Waals surface area (Å²) >= 11 is 0. The van der Waals surface area contributed by atoms with Crippen LogP contribution in [0.25, 0.3) is 0 Å². The molecule has 0 amide bonds. The molecule has 0 bridgehead atoms. The summed E-state index contributed by atoms with van der Waals surface area (Å²) in [6.07, 6.45) is 6.63. The van der Waals surface area contributed by atoms with Gasteiger partial charge in [-0.3, -0.25) is 4.79 Å². The molecule has 0 spiro atoms. The molecule has 0 fully saturated rings. The maximum absolute atomic E-state index is 11.1. The predicted molar refractivity (Wildman–Crippen MR) is 115 cm³/mol. The van der Waals surface area contributed by atoms with Crippen molar-refractivity contribution < 1.29 is 19.4 Å². The molecule has 2 aliphatic carbocycles. The van der Waals surface area contributed by atoms with Crippen molar-refractivity contribution in [1.82, 2.24) is 0 Å². The van der Waals surface area contributed by atoms with Crippen molar-refractivity contribution in [3.8, 4) is 11.5 Å². The van der Waals surface area contributed by atoms with E-state index >= 15 is 0 Å². The Morgan fingerprint density at radius 2 is 2.03 bits per heavy atom. The smallest absolute Gasteiger partial charge is 0.304 e. The van der Waals surface area contributed by atoms with Crippen LogP contribution in [-0.2, 0) is 16.8 Å². The highest BCUT2D eigenvalue weighted by Crippen LogP contribution is 2.55. The first-order valence-corrected chi connectivity index (χ1v) is 10.9. The van der Waals surface area contributed by atoms with Crippen molar-refractivity contribution >= 4 is 5.97 Å². The fraction of sp³-hybridized carbons (Fsp3) is 0.423. The lowest BCUT2D eigenvalue weighted by Crippen LogP contribution is -2.37. The highest BCUT2D eigenvalue weighted by atomic mass is 16.5. The fourth-order valence-electron chi connectivity index (χ4n) is 5.62. The maximum atomic E-state index is 11.1. The third-order valence-corrected chi connectivity index (χ3v) is 7.06. The molecule has 1 aliphatic heterocycles. The van der Waals surface area contributed by atoms with Crippen molar-refractivity contribution in [2.24, 2.45) is 5.41 Å². The number of allylic oxidation sites excluding steroid dienone is 1. The van der Waals surface area contributed by atoms with E-state index in [2.05, 4.69) is 44.2 Å². The zero-order valence-corrected chi connectivity index (χ0v) is 17.6. The lowest BCUT2D eigenvalue weighted by Gasteiger charge is -2.39. The number of aliphatic carboxylic acids is 1. The molecule has 0 radical (unpaired) electrons. The summed E-state index contributed by atoms with van der Waals surface area (Å²) < 4.78 is 12.7. The fourth-order valence-corrected chi connectivity index (χ4v) is 5.62. The number of benzene rings is 2. The van der Waals surface area contributed by atoms with E-state index in [1.807, 2.05) is 18.2 Å². The minimum absolute atomic E-state index is 0.0889. The molecule has 30 heavy (non-hydrogen) atoms. The molecular formula is C26H28O4. The molecule has 4 heteroatoms. The van der Waals surface area contributed by atoms with Gasteiger partial charge in [0, 0.05) is 23.1 Å². The molecule has 1 N–H and O–H groups in total. The van der Waals surface area contributed by atoms with E-state index in [1.54, 1.807) is 0 Å². The Morgan fingerprint density at radius 1 is 1.20 bits per heavy atom. The molecule has 2 aromatic rings. The number of hydrogen-bond donors (Lipinski definition) is 1. The number of carboxylic acids is 1. The molecule has 156 valence electrons. The van der Waals surface area contributed by atoms with Gasteiger partial charge in [0.25, 0.3) is 0 Å². The van der Waals surface area contributed by atoms with E-state index in [-0.39, 0.29) is 17.8 Å². The lowest BCUT2D eigenvalue weighted by molar-refractivity contribution is -0.137. The van der Waals surface area contributed by atoms with Crippen LogP contribution in [0.5, 0.6) is 11.5 Å². The Labute approximate surface area is 177 Å². The average Bonchev–Trinajstić information content (AvgIpc) is 3.38. The van der Waals surface area contributed by atoms with Crippen LogP contribution in [0.4, 0.5) is 0 Å². The lowest BCUT2D eigenvalue weighted by atomic mass is 9.73. The zero-order valence-electron chi connectivity index (χ0n) is 17.6. The van der Waals surface area contributed by atoms with Gasteiger partial charge in [-0.2, -0.15) is 0 Å². The summed E-state index contributed by atoms with van der Waals surface area (Å²) in [5.74, 6) is 0.641. The summed E-state index contributed by atoms with van der Waals surface area (Å²) in [6.45, 7) is 5.05. The Bertz CT molecular complexity index is 1040. The molecule has 0 saturated carbocycles. The third kappa shape index (κ3) is 3.01. The first-order valence-electron chi connectivity index (χ1n) is 10.9. The van der Waals surface area contributed by atoms with E-state index in [0.29, 0.717) is 6.61 Å². The van der Waals surface area contributed by atoms with E-state index in [1.165, 1.54) is 16.7 Å². The van der Waals surface area contributed by atoms with Gasteiger partial charge in [0.1, 0.15) is 11.5 Å². The van der Waals surface area contributed by atoms with Gasteiger partial charge >= 0.3 is 5.97 Å². The highest BCUT2D eigenvalue weighted by Gasteiger charge is 2.50. The summed E-state index contributed by atoms with van der Waals surface area (Å²) in [4.78, 5) is 11.1. The zero-order chi connectivity index (χ0) is 20.9. The van der Waals surface area contributed by atoms with Crippen molar-refractivity contribution in [1.29, 1.82) is 0 Å². The van der Waals surface area contributed by atoms with E-state index < -0.39 is 11.6 Å². The minimum Gasteiger partial charge on any atom is -0.492 e. The number of hydrogen-bond acceptors (Lipinski definition) is 3. The largest absolute Gasteiger partial charge is 0.492 e. The number of carbonyl (C=O) groups is 1. The van der Waals surface area contributed by atoms with Crippen molar-refractivity contribution in [2.45, 2.75) is 57.5 Å². The topological polar surface area (TPSA) is 55.8 Å². The summed E-state index contributed by atoms with van der Waals surface area (Å²) in [6, 6.07) is 14.5. The SMILES string of the molecule is CC1(C)CCC=C1[C@]1(Oc2ccc3c(c2)OC[C@H]3CC(=O)O)CCc2ccccc21. The van der Waals surface area contributed by atoms with E-state index in [0.717, 1.165) is 42.7 Å². The van der Waals surface area contributed by atoms with Crippen LogP contribution in [0.15, 0.2) is 54.1 Å². The normalized spacial score (nSPS) is 25.9. The second kappa shape index (κ2) is 6.90. The first kappa shape index (κ1) is 19.2. The molecule has 3 aliphatic rings. The minimum atomic E-state index is -0.798. The van der Waals surface area contributed by atoms with Crippen LogP contribution in [0.1, 0.15) is 62.1 Å². The molecule has 2 atom stereocenters. The van der Waals surface area contributed by atoms with Gasteiger partial charge in [-0.15, -0.1) is 0 Å². The summed E-state index contributed by atoms with van der Waals surface area (Å²) in [5.41, 5.74) is 4.62. The molecule has 5 rings (SSSR count). The van der Waals surface area contributed by atoms with Crippen LogP contribution in [0, 0.1) is 5.41 Å². The van der Waals surface area contributed by atoms with Crippen LogP contribution >= 0.6 is 0 Å². The van der Waals surface area contributed by atoms with E-state index in [4.69, 9.17) is 14.6 Å². The summed E-state index contributed by atoms with van der Waals surface area (Å²) in [5, 5.41) is 9.15. The molecule has 0 aromatic heterocycles. The van der Waals surface area contributed by atoms with E-state index in [9.17, 15) is 4.79 Å². The Hall–Kier alpha value is -2.75. The van der Waals surface area contributed by atoms with Gasteiger partial charge in [0.2, 0.25) is 0 Å². The second-order valence-corrected chi connectivity index (χ2v) is 9.43. The maximum Gasteiger partial charge on any atom is 0.304 e.